The lowest BCUT2D eigenvalue weighted by Crippen LogP contribution is -2.31. The third-order valence-electron chi connectivity index (χ3n) is 3.16. The summed E-state index contributed by atoms with van der Waals surface area (Å²) in [7, 11) is 0. The Kier molecular flexibility index (Phi) is 3.74. The summed E-state index contributed by atoms with van der Waals surface area (Å²) in [6.45, 7) is 2.65. The van der Waals surface area contributed by atoms with Crippen LogP contribution in [0.15, 0.2) is 47.4 Å². The number of aryl methyl sites for hydroxylation is 1. The van der Waals surface area contributed by atoms with E-state index < -0.39 is 0 Å². The van der Waals surface area contributed by atoms with Gasteiger partial charge in [0.15, 0.2) is 11.5 Å². The Bertz CT molecular complexity index is 615. The van der Waals surface area contributed by atoms with Crippen molar-refractivity contribution in [1.29, 1.82) is 0 Å². The normalized spacial score (nSPS) is 16.9. The molecule has 0 spiro atoms. The molecule has 1 heterocycles. The van der Waals surface area contributed by atoms with E-state index in [2.05, 4.69) is 13.0 Å². The average molecular weight is 287 g/mol. The fraction of sp³-hybridized carbons (Fsp3) is 0.250. The van der Waals surface area contributed by atoms with Crippen molar-refractivity contribution in [3.63, 3.8) is 0 Å². The Balaban J connectivity index is 1.64. The van der Waals surface area contributed by atoms with Crippen LogP contribution in [0.5, 0.6) is 11.5 Å². The lowest BCUT2D eigenvalue weighted by molar-refractivity contribution is 0.107. The van der Waals surface area contributed by atoms with Crippen LogP contribution in [-0.4, -0.2) is 18.5 Å². The minimum absolute atomic E-state index is 0.0508. The van der Waals surface area contributed by atoms with Crippen molar-refractivity contribution in [2.45, 2.75) is 17.9 Å². The van der Waals surface area contributed by atoms with Crippen molar-refractivity contribution >= 4 is 17.4 Å². The Morgan fingerprint density at radius 2 is 2.00 bits per heavy atom. The molecule has 0 saturated heterocycles. The van der Waals surface area contributed by atoms with Gasteiger partial charge in [-0.2, -0.15) is 0 Å². The van der Waals surface area contributed by atoms with Crippen LogP contribution in [0.25, 0.3) is 0 Å². The monoisotopic (exact) mass is 287 g/mol. The third-order valence-corrected chi connectivity index (χ3v) is 4.36. The molecular formula is C16H17NO2S. The molecular weight excluding hydrogens is 270 g/mol. The van der Waals surface area contributed by atoms with Gasteiger partial charge in [0.25, 0.3) is 0 Å². The number of thioether (sulfide) groups is 1. The Morgan fingerprint density at radius 1 is 1.20 bits per heavy atom. The first-order valence-electron chi connectivity index (χ1n) is 6.60. The van der Waals surface area contributed by atoms with E-state index in [1.165, 1.54) is 5.56 Å². The molecule has 1 aliphatic heterocycles. The lowest BCUT2D eigenvalue weighted by Gasteiger charge is -2.26. The fourth-order valence-corrected chi connectivity index (χ4v) is 3.13. The van der Waals surface area contributed by atoms with Gasteiger partial charge in [-0.05, 0) is 36.8 Å². The maximum Gasteiger partial charge on any atom is 0.161 e. The van der Waals surface area contributed by atoms with Crippen molar-refractivity contribution < 1.29 is 9.47 Å². The first-order valence-corrected chi connectivity index (χ1v) is 7.58. The molecule has 0 saturated carbocycles. The highest BCUT2D eigenvalue weighted by atomic mass is 32.2. The van der Waals surface area contributed by atoms with Crippen LogP contribution in [0, 0.1) is 6.92 Å². The summed E-state index contributed by atoms with van der Waals surface area (Å²) >= 11 is 1.71. The molecule has 0 aromatic heterocycles. The van der Waals surface area contributed by atoms with Crippen LogP contribution < -0.4 is 15.2 Å². The summed E-state index contributed by atoms with van der Waals surface area (Å²) in [6.07, 6.45) is 0.0508. The lowest BCUT2D eigenvalue weighted by atomic mass is 10.2. The Hall–Kier alpha value is -1.81. The largest absolute Gasteiger partial charge is 0.486 e. The summed E-state index contributed by atoms with van der Waals surface area (Å²) in [5, 5.41) is 0. The highest BCUT2D eigenvalue weighted by Crippen LogP contribution is 2.33. The van der Waals surface area contributed by atoms with Crippen molar-refractivity contribution in [1.82, 2.24) is 0 Å². The maximum absolute atomic E-state index is 5.99. The number of fused-ring (bicyclic) bond motifs is 1. The standard InChI is InChI=1S/C16H17NO2S/c1-11-6-7-13(17)16(8-11)20-10-12-9-18-14-4-2-3-5-15(14)19-12/h2-8,12H,9-10,17H2,1H3. The molecule has 0 bridgehead atoms. The van der Waals surface area contributed by atoms with Crippen LogP contribution in [-0.2, 0) is 0 Å². The van der Waals surface area contributed by atoms with Crippen molar-refractivity contribution in [3.05, 3.63) is 48.0 Å². The quantitative estimate of drug-likeness (QED) is 0.693. The highest BCUT2D eigenvalue weighted by Gasteiger charge is 2.20. The SMILES string of the molecule is Cc1ccc(N)c(SCC2COc3ccccc3O2)c1. The molecule has 0 amide bonds. The first kappa shape index (κ1) is 13.2. The number of hydrogen-bond donors (Lipinski definition) is 1. The molecule has 104 valence electrons. The zero-order valence-electron chi connectivity index (χ0n) is 11.3. The zero-order chi connectivity index (χ0) is 13.9. The van der Waals surface area contributed by atoms with E-state index in [4.69, 9.17) is 15.2 Å². The highest BCUT2D eigenvalue weighted by molar-refractivity contribution is 7.99. The molecule has 3 nitrogen and oxygen atoms in total. The average Bonchev–Trinajstić information content (AvgIpc) is 2.48. The van der Waals surface area contributed by atoms with E-state index in [1.807, 2.05) is 36.4 Å². The molecule has 0 aliphatic carbocycles. The molecule has 2 aromatic rings. The van der Waals surface area contributed by atoms with Crippen molar-refractivity contribution in [2.75, 3.05) is 18.1 Å². The number of ether oxygens (including phenoxy) is 2. The van der Waals surface area contributed by atoms with Gasteiger partial charge in [-0.15, -0.1) is 11.8 Å². The smallest absolute Gasteiger partial charge is 0.161 e. The van der Waals surface area contributed by atoms with Gasteiger partial charge in [-0.1, -0.05) is 18.2 Å². The van der Waals surface area contributed by atoms with E-state index in [1.54, 1.807) is 11.8 Å². The van der Waals surface area contributed by atoms with Crippen LogP contribution in [0.3, 0.4) is 0 Å². The molecule has 20 heavy (non-hydrogen) atoms. The summed E-state index contributed by atoms with van der Waals surface area (Å²) < 4.78 is 11.6. The molecule has 1 atom stereocenters. The van der Waals surface area contributed by atoms with Crippen LogP contribution in [0.1, 0.15) is 5.56 Å². The summed E-state index contributed by atoms with van der Waals surface area (Å²) in [5.74, 6) is 2.47. The third kappa shape index (κ3) is 2.85. The van der Waals surface area contributed by atoms with Gasteiger partial charge in [0.1, 0.15) is 12.7 Å². The Labute approximate surface area is 123 Å². The predicted octanol–water partition coefficient (Wildman–Crippen LogP) is 3.51. The van der Waals surface area contributed by atoms with Gasteiger partial charge in [0, 0.05) is 16.3 Å². The summed E-state index contributed by atoms with van der Waals surface area (Å²) in [6, 6.07) is 13.9. The van der Waals surface area contributed by atoms with Crippen LogP contribution in [0.4, 0.5) is 5.69 Å². The van der Waals surface area contributed by atoms with Gasteiger partial charge in [-0.3, -0.25) is 0 Å². The number of rotatable bonds is 3. The summed E-state index contributed by atoms with van der Waals surface area (Å²) in [4.78, 5) is 1.10. The van der Waals surface area contributed by atoms with Gasteiger partial charge < -0.3 is 15.2 Å². The van der Waals surface area contributed by atoms with Gasteiger partial charge in [0.2, 0.25) is 0 Å². The van der Waals surface area contributed by atoms with Crippen molar-refractivity contribution in [2.24, 2.45) is 0 Å². The number of para-hydroxylation sites is 2. The fourth-order valence-electron chi connectivity index (χ4n) is 2.09. The predicted molar refractivity (Wildman–Crippen MR) is 82.7 cm³/mol. The number of nitrogen functional groups attached to an aromatic ring is 1. The minimum atomic E-state index is 0.0508. The second-order valence-corrected chi connectivity index (χ2v) is 5.91. The minimum Gasteiger partial charge on any atom is -0.486 e. The van der Waals surface area contributed by atoms with E-state index in [-0.39, 0.29) is 6.10 Å². The molecule has 4 heteroatoms. The van der Waals surface area contributed by atoms with E-state index in [0.717, 1.165) is 27.8 Å². The molecule has 1 unspecified atom stereocenters. The van der Waals surface area contributed by atoms with Gasteiger partial charge >= 0.3 is 0 Å². The van der Waals surface area contributed by atoms with Gasteiger partial charge in [-0.25, -0.2) is 0 Å². The molecule has 2 N–H and O–H groups in total. The molecule has 0 fully saturated rings. The van der Waals surface area contributed by atoms with Gasteiger partial charge in [0.05, 0.1) is 0 Å². The second-order valence-electron chi connectivity index (χ2n) is 4.85. The van der Waals surface area contributed by atoms with Crippen molar-refractivity contribution in [3.8, 4) is 11.5 Å². The molecule has 1 aliphatic rings. The van der Waals surface area contributed by atoms with E-state index in [0.29, 0.717) is 6.61 Å². The van der Waals surface area contributed by atoms with E-state index in [9.17, 15) is 0 Å². The molecule has 3 rings (SSSR count). The van der Waals surface area contributed by atoms with Crippen LogP contribution >= 0.6 is 11.8 Å². The van der Waals surface area contributed by atoms with Crippen LogP contribution in [0.2, 0.25) is 0 Å². The first-order chi connectivity index (χ1) is 9.72. The number of anilines is 1. The zero-order valence-corrected chi connectivity index (χ0v) is 12.2. The molecule has 0 radical (unpaired) electrons. The van der Waals surface area contributed by atoms with E-state index >= 15 is 0 Å². The Morgan fingerprint density at radius 3 is 2.85 bits per heavy atom. The maximum atomic E-state index is 5.99. The second kappa shape index (κ2) is 5.67. The molecule has 2 aromatic carbocycles. The topological polar surface area (TPSA) is 44.5 Å². The summed E-state index contributed by atoms with van der Waals surface area (Å²) in [5.41, 5.74) is 8.02. The number of benzene rings is 2. The number of nitrogens with two attached hydrogens (primary N) is 1. The number of hydrogen-bond acceptors (Lipinski definition) is 4.